The topological polar surface area (TPSA) is 68.3 Å². The van der Waals surface area contributed by atoms with Crippen LogP contribution in [0.2, 0.25) is 0 Å². The van der Waals surface area contributed by atoms with Gasteiger partial charge in [0.25, 0.3) is 0 Å². The van der Waals surface area contributed by atoms with Gasteiger partial charge in [-0.3, -0.25) is 0 Å². The summed E-state index contributed by atoms with van der Waals surface area (Å²) < 4.78 is 49.1. The van der Waals surface area contributed by atoms with Crippen molar-refractivity contribution in [2.75, 3.05) is 17.3 Å². The van der Waals surface area contributed by atoms with Crippen molar-refractivity contribution < 1.29 is 16.8 Å². The summed E-state index contributed by atoms with van der Waals surface area (Å²) in [5.74, 6) is -0.0866. The average Bonchev–Trinajstić information content (AvgIpc) is 2.30. The lowest BCUT2D eigenvalue weighted by Gasteiger charge is -2.30. The van der Waals surface area contributed by atoms with Gasteiger partial charge < -0.3 is 0 Å². The van der Waals surface area contributed by atoms with Crippen molar-refractivity contribution in [3.63, 3.8) is 0 Å². The van der Waals surface area contributed by atoms with Crippen molar-refractivity contribution in [1.29, 1.82) is 0 Å². The molecule has 0 saturated carbocycles. The van der Waals surface area contributed by atoms with Crippen molar-refractivity contribution >= 4 is 19.7 Å². The Morgan fingerprint density at radius 1 is 0.850 bits per heavy atom. The first-order chi connectivity index (χ1) is 8.96. The highest BCUT2D eigenvalue weighted by atomic mass is 32.2. The number of rotatable bonds is 9. The molecule has 0 aliphatic rings. The van der Waals surface area contributed by atoms with E-state index in [0.717, 1.165) is 12.8 Å². The zero-order valence-electron chi connectivity index (χ0n) is 13.5. The fourth-order valence-electron chi connectivity index (χ4n) is 2.06. The molecule has 0 heterocycles. The van der Waals surface area contributed by atoms with Gasteiger partial charge >= 0.3 is 0 Å². The van der Waals surface area contributed by atoms with Gasteiger partial charge in [-0.2, -0.15) is 0 Å². The number of unbranched alkanes of at least 4 members (excludes halogenated alkanes) is 2. The molecule has 0 amide bonds. The summed E-state index contributed by atoms with van der Waals surface area (Å²) >= 11 is 0. The largest absolute Gasteiger partial charge is 0.229 e. The normalized spacial score (nSPS) is 15.2. The van der Waals surface area contributed by atoms with Gasteiger partial charge in [-0.05, 0) is 18.3 Å². The summed E-state index contributed by atoms with van der Waals surface area (Å²) in [5, 5.41) is -0.816. The van der Waals surface area contributed by atoms with E-state index < -0.39 is 30.3 Å². The van der Waals surface area contributed by atoms with Crippen LogP contribution in [0.4, 0.5) is 0 Å². The maximum atomic E-state index is 12.4. The fourth-order valence-corrected chi connectivity index (χ4v) is 7.42. The van der Waals surface area contributed by atoms with Crippen molar-refractivity contribution in [2.24, 2.45) is 5.41 Å². The molecule has 0 saturated heterocycles. The molecule has 0 bridgehead atoms. The molecule has 0 fully saturated rings. The molecule has 0 aliphatic carbocycles. The van der Waals surface area contributed by atoms with E-state index in [1.165, 1.54) is 0 Å². The molecule has 4 nitrogen and oxygen atoms in total. The third-order valence-corrected chi connectivity index (χ3v) is 7.96. The summed E-state index contributed by atoms with van der Waals surface area (Å²) in [6.45, 7) is 9.26. The van der Waals surface area contributed by atoms with Crippen LogP contribution in [0.3, 0.4) is 0 Å². The number of sulfone groups is 2. The Balaban J connectivity index is 5.21. The van der Waals surface area contributed by atoms with Crippen LogP contribution < -0.4 is 0 Å². The molecule has 0 aliphatic heterocycles. The molecule has 0 aromatic carbocycles. The van der Waals surface area contributed by atoms with E-state index in [-0.39, 0.29) is 17.3 Å². The van der Waals surface area contributed by atoms with E-state index in [1.807, 2.05) is 13.8 Å². The number of hydrogen-bond donors (Lipinski definition) is 0. The lowest BCUT2D eigenvalue weighted by atomic mass is 9.93. The quantitative estimate of drug-likeness (QED) is 0.653. The van der Waals surface area contributed by atoms with E-state index in [0.29, 0.717) is 12.8 Å². The summed E-state index contributed by atoms with van der Waals surface area (Å²) in [7, 11) is -6.69. The van der Waals surface area contributed by atoms with Gasteiger partial charge in [0, 0.05) is 0 Å². The highest BCUT2D eigenvalue weighted by Gasteiger charge is 2.38. The third-order valence-electron chi connectivity index (χ3n) is 3.40. The minimum Gasteiger partial charge on any atom is -0.229 e. The van der Waals surface area contributed by atoms with Crippen LogP contribution in [0.5, 0.6) is 0 Å². The first-order valence-corrected chi connectivity index (χ1v) is 10.9. The van der Waals surface area contributed by atoms with E-state index >= 15 is 0 Å². The molecule has 0 aromatic heterocycles. The molecule has 122 valence electrons. The molecule has 0 N–H and O–H groups in total. The van der Waals surface area contributed by atoms with E-state index in [9.17, 15) is 16.8 Å². The van der Waals surface area contributed by atoms with Crippen molar-refractivity contribution in [3.8, 4) is 0 Å². The Hall–Kier alpha value is -0.100. The molecule has 0 radical (unpaired) electrons. The van der Waals surface area contributed by atoms with Gasteiger partial charge in [0.05, 0.1) is 22.5 Å². The minimum absolute atomic E-state index is 0.0781. The Bertz CT molecular complexity index is 470. The second-order valence-corrected chi connectivity index (χ2v) is 11.1. The lowest BCUT2D eigenvalue weighted by Crippen LogP contribution is -2.42. The molecule has 0 spiro atoms. The average molecular weight is 327 g/mol. The van der Waals surface area contributed by atoms with Crippen LogP contribution in [0, 0.1) is 5.41 Å². The molecular weight excluding hydrogens is 296 g/mol. The lowest BCUT2D eigenvalue weighted by molar-refractivity contribution is 0.391. The van der Waals surface area contributed by atoms with Crippen molar-refractivity contribution in [1.82, 2.24) is 0 Å². The predicted molar refractivity (Wildman–Crippen MR) is 85.5 cm³/mol. The highest BCUT2D eigenvalue weighted by Crippen LogP contribution is 2.28. The van der Waals surface area contributed by atoms with Crippen LogP contribution >= 0.6 is 0 Å². The third kappa shape index (κ3) is 7.07. The van der Waals surface area contributed by atoms with E-state index in [2.05, 4.69) is 0 Å². The Kier molecular flexibility index (Phi) is 7.74. The second-order valence-electron chi connectivity index (χ2n) is 6.54. The highest BCUT2D eigenvalue weighted by molar-refractivity contribution is 7.95. The molecule has 20 heavy (non-hydrogen) atoms. The van der Waals surface area contributed by atoms with E-state index in [4.69, 9.17) is 0 Å². The van der Waals surface area contributed by atoms with Crippen molar-refractivity contribution in [3.05, 3.63) is 0 Å². The fraction of sp³-hybridized carbons (Fsp3) is 1.00. The molecule has 1 atom stereocenters. The first-order valence-electron chi connectivity index (χ1n) is 7.38. The Morgan fingerprint density at radius 3 is 1.70 bits per heavy atom. The standard InChI is InChI=1S/C14H30O4S2/c1-6-8-10-19(15,16)12-13(14(3,4)5)20(17,18)11-9-7-2/h13H,6-12H2,1-5H3. The van der Waals surface area contributed by atoms with Crippen LogP contribution in [0.15, 0.2) is 0 Å². The van der Waals surface area contributed by atoms with Gasteiger partial charge in [-0.15, -0.1) is 0 Å². The maximum absolute atomic E-state index is 12.4. The summed E-state index contributed by atoms with van der Waals surface area (Å²) in [6.07, 6.45) is 2.76. The molecule has 6 heteroatoms. The summed E-state index contributed by atoms with van der Waals surface area (Å²) in [5.41, 5.74) is -0.564. The van der Waals surface area contributed by atoms with Crippen LogP contribution in [0.1, 0.15) is 60.3 Å². The SMILES string of the molecule is CCCCS(=O)(=O)CC(C(C)(C)C)S(=O)(=O)CCCC. The predicted octanol–water partition coefficient (Wildman–Crippen LogP) is 2.83. The zero-order chi connectivity index (χ0) is 16.0. The van der Waals surface area contributed by atoms with Crippen molar-refractivity contribution in [2.45, 2.75) is 65.6 Å². The maximum Gasteiger partial charge on any atom is 0.154 e. The second kappa shape index (κ2) is 7.78. The summed E-state index contributed by atoms with van der Waals surface area (Å²) in [4.78, 5) is 0. The van der Waals surface area contributed by atoms with Gasteiger partial charge in [-0.25, -0.2) is 16.8 Å². The van der Waals surface area contributed by atoms with Gasteiger partial charge in [0.15, 0.2) is 19.7 Å². The van der Waals surface area contributed by atoms with Gasteiger partial charge in [0.2, 0.25) is 0 Å². The number of hydrogen-bond acceptors (Lipinski definition) is 4. The van der Waals surface area contributed by atoms with Crippen LogP contribution in [-0.2, 0) is 19.7 Å². The van der Waals surface area contributed by atoms with E-state index in [1.54, 1.807) is 20.8 Å². The Morgan fingerprint density at radius 2 is 1.30 bits per heavy atom. The first kappa shape index (κ1) is 19.9. The molecule has 0 rings (SSSR count). The van der Waals surface area contributed by atoms with Gasteiger partial charge in [-0.1, -0.05) is 47.5 Å². The molecular formula is C14H30O4S2. The summed E-state index contributed by atoms with van der Waals surface area (Å²) in [6, 6.07) is 0. The zero-order valence-corrected chi connectivity index (χ0v) is 15.1. The molecule has 1 unspecified atom stereocenters. The smallest absolute Gasteiger partial charge is 0.154 e. The Labute approximate surface area is 125 Å². The van der Waals surface area contributed by atoms with Crippen LogP contribution in [-0.4, -0.2) is 39.3 Å². The molecule has 0 aromatic rings. The van der Waals surface area contributed by atoms with Crippen LogP contribution in [0.25, 0.3) is 0 Å². The monoisotopic (exact) mass is 326 g/mol. The minimum atomic E-state index is -3.38. The van der Waals surface area contributed by atoms with Gasteiger partial charge in [0.1, 0.15) is 0 Å².